The van der Waals surface area contributed by atoms with E-state index < -0.39 is 29.6 Å². The van der Waals surface area contributed by atoms with Crippen molar-refractivity contribution >= 4 is 29.7 Å². The Kier molecular flexibility index (Phi) is 7.86. The maximum atomic E-state index is 12.7. The molecule has 138 valence electrons. The Bertz CT molecular complexity index is 456. The second-order valence-corrected chi connectivity index (χ2v) is 7.88. The number of hydrogen-bond donors (Lipinski definition) is 1. The molecule has 1 aliphatic rings. The van der Waals surface area contributed by atoms with Crippen molar-refractivity contribution in [3.8, 4) is 0 Å². The summed E-state index contributed by atoms with van der Waals surface area (Å²) in [4.78, 5) is 37.1. The van der Waals surface area contributed by atoms with Crippen molar-refractivity contribution in [2.45, 2.75) is 51.7 Å². The number of carboxylic acids is 1. The number of carbonyl (C=O) groups is 3. The Labute approximate surface area is 147 Å². The molecule has 0 bridgehead atoms. The number of likely N-dealkylation sites (tertiary alicyclic amines) is 1. The number of carboxylic acid groups (broad SMARTS) is 1. The van der Waals surface area contributed by atoms with E-state index in [9.17, 15) is 19.5 Å². The summed E-state index contributed by atoms with van der Waals surface area (Å²) >= 11 is 1.59. The van der Waals surface area contributed by atoms with Crippen LogP contribution in [-0.2, 0) is 14.3 Å². The van der Waals surface area contributed by atoms with Gasteiger partial charge in [-0.25, -0.2) is 4.79 Å². The number of rotatable bonds is 6. The number of amides is 2. The van der Waals surface area contributed by atoms with Crippen LogP contribution in [0.3, 0.4) is 0 Å². The van der Waals surface area contributed by atoms with Gasteiger partial charge >= 0.3 is 6.09 Å². The number of piperidine rings is 1. The Morgan fingerprint density at radius 1 is 1.29 bits per heavy atom. The average Bonchev–Trinajstić information content (AvgIpc) is 2.49. The van der Waals surface area contributed by atoms with E-state index in [-0.39, 0.29) is 5.91 Å². The first-order valence-electron chi connectivity index (χ1n) is 8.12. The molecule has 1 aliphatic heterocycles. The van der Waals surface area contributed by atoms with Gasteiger partial charge in [-0.15, -0.1) is 0 Å². The van der Waals surface area contributed by atoms with Gasteiger partial charge in [0.15, 0.2) is 0 Å². The quantitative estimate of drug-likeness (QED) is 0.746. The molecule has 1 saturated heterocycles. The normalized spacial score (nSPS) is 17.2. The first-order chi connectivity index (χ1) is 11.1. The Balaban J connectivity index is 2.65. The summed E-state index contributed by atoms with van der Waals surface area (Å²) in [5.74, 6) is -1.03. The van der Waals surface area contributed by atoms with Crippen molar-refractivity contribution in [3.63, 3.8) is 0 Å². The van der Waals surface area contributed by atoms with E-state index in [1.54, 1.807) is 37.4 Å². The lowest BCUT2D eigenvalue weighted by Crippen LogP contribution is -2.52. The molecule has 0 spiro atoms. The van der Waals surface area contributed by atoms with Crippen molar-refractivity contribution in [3.05, 3.63) is 0 Å². The molecule has 1 N–H and O–H groups in total. The molecule has 1 fully saturated rings. The summed E-state index contributed by atoms with van der Waals surface area (Å²) in [6.45, 7) is 6.01. The zero-order valence-corrected chi connectivity index (χ0v) is 15.6. The van der Waals surface area contributed by atoms with Crippen molar-refractivity contribution in [1.82, 2.24) is 10.2 Å². The van der Waals surface area contributed by atoms with Crippen LogP contribution in [-0.4, -0.2) is 59.6 Å². The van der Waals surface area contributed by atoms with E-state index in [1.165, 1.54) is 0 Å². The maximum absolute atomic E-state index is 12.7. The third kappa shape index (κ3) is 6.98. The van der Waals surface area contributed by atoms with Crippen LogP contribution in [0.5, 0.6) is 0 Å². The van der Waals surface area contributed by atoms with Gasteiger partial charge in [-0.1, -0.05) is 0 Å². The molecule has 0 aliphatic carbocycles. The average molecular weight is 359 g/mol. The lowest BCUT2D eigenvalue weighted by molar-refractivity contribution is -0.312. The molecular formula is C16H27N2O5S-. The van der Waals surface area contributed by atoms with Crippen LogP contribution in [0, 0.1) is 5.92 Å². The lowest BCUT2D eigenvalue weighted by Gasteiger charge is -2.34. The van der Waals surface area contributed by atoms with Crippen molar-refractivity contribution < 1.29 is 24.2 Å². The third-order valence-corrected chi connectivity index (χ3v) is 4.38. The highest BCUT2D eigenvalue weighted by molar-refractivity contribution is 7.98. The Morgan fingerprint density at radius 3 is 2.33 bits per heavy atom. The van der Waals surface area contributed by atoms with Gasteiger partial charge in [-0.3, -0.25) is 4.79 Å². The molecular weight excluding hydrogens is 332 g/mol. The molecule has 1 heterocycles. The predicted molar refractivity (Wildman–Crippen MR) is 90.5 cm³/mol. The van der Waals surface area contributed by atoms with Crippen LogP contribution in [0.2, 0.25) is 0 Å². The second kappa shape index (κ2) is 9.15. The Morgan fingerprint density at radius 2 is 1.88 bits per heavy atom. The zero-order valence-electron chi connectivity index (χ0n) is 14.8. The molecule has 0 saturated carbocycles. The van der Waals surface area contributed by atoms with Gasteiger partial charge in [0.2, 0.25) is 5.91 Å². The number of carbonyl (C=O) groups excluding carboxylic acids is 3. The molecule has 1 rings (SSSR count). The minimum atomic E-state index is -1.06. The zero-order chi connectivity index (χ0) is 18.3. The first kappa shape index (κ1) is 20.6. The van der Waals surface area contributed by atoms with Crippen molar-refractivity contribution in [1.29, 1.82) is 0 Å². The molecule has 0 aromatic heterocycles. The number of thioether (sulfide) groups is 1. The minimum absolute atomic E-state index is 0.188. The topological polar surface area (TPSA) is 98.8 Å². The van der Waals surface area contributed by atoms with Crippen molar-refractivity contribution in [2.75, 3.05) is 25.1 Å². The number of aliphatic carboxylic acids is 1. The van der Waals surface area contributed by atoms with Crippen LogP contribution in [0.4, 0.5) is 4.79 Å². The second-order valence-electron chi connectivity index (χ2n) is 6.90. The monoisotopic (exact) mass is 359 g/mol. The number of nitrogens with one attached hydrogen (secondary N) is 1. The van der Waals surface area contributed by atoms with Gasteiger partial charge in [-0.2, -0.15) is 11.8 Å². The fraction of sp³-hybridized carbons (Fsp3) is 0.812. The van der Waals surface area contributed by atoms with Gasteiger partial charge in [-0.05, 0) is 52.0 Å². The van der Waals surface area contributed by atoms with E-state index in [4.69, 9.17) is 4.74 Å². The summed E-state index contributed by atoms with van der Waals surface area (Å²) in [6.07, 6.45) is 2.58. The highest BCUT2D eigenvalue weighted by Gasteiger charge is 2.30. The molecule has 24 heavy (non-hydrogen) atoms. The summed E-state index contributed by atoms with van der Waals surface area (Å²) < 4.78 is 5.22. The first-order valence-corrected chi connectivity index (χ1v) is 9.51. The van der Waals surface area contributed by atoms with Crippen LogP contribution < -0.4 is 10.4 Å². The van der Waals surface area contributed by atoms with E-state index in [2.05, 4.69) is 5.32 Å². The van der Waals surface area contributed by atoms with E-state index in [0.717, 1.165) is 5.75 Å². The predicted octanol–water partition coefficient (Wildman–Crippen LogP) is 0.621. The molecule has 2 amide bonds. The van der Waals surface area contributed by atoms with Gasteiger partial charge in [0.05, 0.1) is 0 Å². The van der Waals surface area contributed by atoms with Crippen LogP contribution in [0.15, 0.2) is 0 Å². The fourth-order valence-electron chi connectivity index (χ4n) is 2.50. The van der Waals surface area contributed by atoms with E-state index in [1.807, 2.05) is 6.26 Å². The molecule has 8 heteroatoms. The standard InChI is InChI=1S/C16H28N2O5S/c1-16(2,3)23-15(22)17-12(7-10-24-4)13(19)18-8-5-11(6-9-18)14(20)21/h11-12H,5-10H2,1-4H3,(H,17,22)(H,20,21)/p-1/t12-/m0/s1. The van der Waals surface area contributed by atoms with Gasteiger partial charge in [0, 0.05) is 25.0 Å². The number of ether oxygens (including phenoxy) is 1. The number of nitrogens with zero attached hydrogens (tertiary/aromatic N) is 1. The third-order valence-electron chi connectivity index (χ3n) is 3.74. The molecule has 1 atom stereocenters. The van der Waals surface area contributed by atoms with Gasteiger partial charge in [0.25, 0.3) is 0 Å². The molecule has 0 unspecified atom stereocenters. The molecule has 0 radical (unpaired) electrons. The smallest absolute Gasteiger partial charge is 0.408 e. The summed E-state index contributed by atoms with van der Waals surface area (Å²) in [5.41, 5.74) is -0.635. The Hall–Kier alpha value is -1.44. The minimum Gasteiger partial charge on any atom is -0.550 e. The molecule has 7 nitrogen and oxygen atoms in total. The SMILES string of the molecule is CSCC[C@H](NC(=O)OC(C)(C)C)C(=O)N1CCC(C(=O)[O-])CC1. The number of hydrogen-bond acceptors (Lipinski definition) is 6. The maximum Gasteiger partial charge on any atom is 0.408 e. The van der Waals surface area contributed by atoms with Crippen LogP contribution in [0.25, 0.3) is 0 Å². The largest absolute Gasteiger partial charge is 0.550 e. The van der Waals surface area contributed by atoms with E-state index >= 15 is 0 Å². The fourth-order valence-corrected chi connectivity index (χ4v) is 2.97. The number of alkyl carbamates (subject to hydrolysis) is 1. The van der Waals surface area contributed by atoms with Crippen LogP contribution in [0.1, 0.15) is 40.0 Å². The summed E-state index contributed by atoms with van der Waals surface area (Å²) in [7, 11) is 0. The summed E-state index contributed by atoms with van der Waals surface area (Å²) in [6, 6.07) is -0.660. The summed E-state index contributed by atoms with van der Waals surface area (Å²) in [5, 5.41) is 13.5. The lowest BCUT2D eigenvalue weighted by atomic mass is 9.96. The van der Waals surface area contributed by atoms with Gasteiger partial charge < -0.3 is 24.9 Å². The van der Waals surface area contributed by atoms with Crippen LogP contribution >= 0.6 is 11.8 Å². The highest BCUT2D eigenvalue weighted by atomic mass is 32.2. The highest BCUT2D eigenvalue weighted by Crippen LogP contribution is 2.18. The molecule has 0 aromatic rings. The van der Waals surface area contributed by atoms with Gasteiger partial charge in [0.1, 0.15) is 11.6 Å². The van der Waals surface area contributed by atoms with Crippen molar-refractivity contribution in [2.24, 2.45) is 5.92 Å². The van der Waals surface area contributed by atoms with E-state index in [0.29, 0.717) is 32.4 Å². The molecule has 0 aromatic carbocycles.